The molecule has 0 aromatic heterocycles. The lowest BCUT2D eigenvalue weighted by Crippen LogP contribution is -2.69. The van der Waals surface area contributed by atoms with Crippen LogP contribution in [0.3, 0.4) is 0 Å². The third-order valence-electron chi connectivity index (χ3n) is 8.70. The number of hydrogen-bond acceptors (Lipinski definition) is 7. The van der Waals surface area contributed by atoms with Crippen molar-refractivity contribution in [1.82, 2.24) is 5.32 Å². The van der Waals surface area contributed by atoms with E-state index in [1.807, 2.05) is 0 Å². The minimum atomic E-state index is -0.937. The van der Waals surface area contributed by atoms with Gasteiger partial charge in [-0.3, -0.25) is 20.2 Å². The average Bonchev–Trinajstić information content (AvgIpc) is 3.16. The number of carbonyl (C=O) groups is 1. The van der Waals surface area contributed by atoms with Gasteiger partial charge in [-0.1, -0.05) is 20.8 Å². The fourth-order valence-electron chi connectivity index (χ4n) is 7.30. The first-order chi connectivity index (χ1) is 12.5. The van der Waals surface area contributed by atoms with Gasteiger partial charge in [0.2, 0.25) is 6.04 Å². The van der Waals surface area contributed by atoms with Crippen LogP contribution in [0.5, 0.6) is 0 Å². The maximum atomic E-state index is 12.9. The molecule has 8 heteroatoms. The van der Waals surface area contributed by atoms with Crippen molar-refractivity contribution in [2.45, 2.75) is 83.1 Å². The number of rotatable bonds is 2. The molecule has 1 spiro atoms. The summed E-state index contributed by atoms with van der Waals surface area (Å²) in [4.78, 5) is 25.1. The Morgan fingerprint density at radius 1 is 1.22 bits per heavy atom. The van der Waals surface area contributed by atoms with Crippen LogP contribution in [0.15, 0.2) is 0 Å². The van der Waals surface area contributed by atoms with Gasteiger partial charge >= 0.3 is 5.97 Å². The van der Waals surface area contributed by atoms with Crippen LogP contribution in [0.4, 0.5) is 0 Å². The fourth-order valence-corrected chi connectivity index (χ4v) is 7.30. The van der Waals surface area contributed by atoms with Gasteiger partial charge in [-0.05, 0) is 38.0 Å². The maximum Gasteiger partial charge on any atom is 0.324 e. The molecule has 0 aromatic carbocycles. The Kier molecular flexibility index (Phi) is 3.19. The van der Waals surface area contributed by atoms with Crippen LogP contribution in [-0.4, -0.2) is 53.1 Å². The van der Waals surface area contributed by atoms with E-state index in [2.05, 4.69) is 26.1 Å². The number of morpholine rings is 1. The molecule has 8 nitrogen and oxygen atoms in total. The van der Waals surface area contributed by atoms with Gasteiger partial charge in [0.25, 0.3) is 0 Å². The van der Waals surface area contributed by atoms with Gasteiger partial charge in [0.1, 0.15) is 17.7 Å². The van der Waals surface area contributed by atoms with Crippen LogP contribution in [0.2, 0.25) is 0 Å². The molecule has 2 saturated carbocycles. The molecule has 4 bridgehead atoms. The summed E-state index contributed by atoms with van der Waals surface area (Å²) >= 11 is 0. The lowest BCUT2D eigenvalue weighted by Gasteiger charge is -2.46. The second-order valence-electron chi connectivity index (χ2n) is 10.3. The number of esters is 1. The molecule has 3 heterocycles. The monoisotopic (exact) mass is 380 g/mol. The molecular formula is C19H28N2O6. The summed E-state index contributed by atoms with van der Waals surface area (Å²) in [5.74, 6) is -1.71. The van der Waals surface area contributed by atoms with Gasteiger partial charge < -0.3 is 14.2 Å². The second-order valence-corrected chi connectivity index (χ2v) is 10.3. The largest absolute Gasteiger partial charge is 0.458 e. The highest BCUT2D eigenvalue weighted by atomic mass is 16.7. The van der Waals surface area contributed by atoms with Gasteiger partial charge in [-0.25, -0.2) is 0 Å². The fraction of sp³-hybridized carbons (Fsp3) is 0.947. The Morgan fingerprint density at radius 2 is 1.93 bits per heavy atom. The molecule has 1 N–H and O–H groups in total. The molecular weight excluding hydrogens is 352 g/mol. The molecule has 3 aliphatic heterocycles. The number of nitrogens with one attached hydrogen (secondary N) is 1. The van der Waals surface area contributed by atoms with Crippen molar-refractivity contribution in [1.29, 1.82) is 0 Å². The van der Waals surface area contributed by atoms with Crippen LogP contribution < -0.4 is 5.32 Å². The van der Waals surface area contributed by atoms with E-state index in [4.69, 9.17) is 14.2 Å². The molecule has 5 rings (SSSR count). The Bertz CT molecular complexity index is 738. The highest BCUT2D eigenvalue weighted by molar-refractivity contribution is 5.80. The van der Waals surface area contributed by atoms with E-state index < -0.39 is 41.5 Å². The molecule has 0 amide bonds. The van der Waals surface area contributed by atoms with Gasteiger partial charge in [0, 0.05) is 10.3 Å². The third-order valence-corrected chi connectivity index (χ3v) is 8.70. The minimum Gasteiger partial charge on any atom is -0.458 e. The van der Waals surface area contributed by atoms with E-state index in [0.717, 1.165) is 12.8 Å². The van der Waals surface area contributed by atoms with Crippen LogP contribution in [0, 0.1) is 32.8 Å². The van der Waals surface area contributed by atoms with Crippen LogP contribution in [-0.2, 0) is 19.0 Å². The predicted octanol–water partition coefficient (Wildman–Crippen LogP) is 1.49. The predicted molar refractivity (Wildman–Crippen MR) is 93.3 cm³/mol. The zero-order chi connectivity index (χ0) is 19.6. The van der Waals surface area contributed by atoms with Crippen molar-refractivity contribution in [3.63, 3.8) is 0 Å². The highest BCUT2D eigenvalue weighted by Gasteiger charge is 2.85. The number of carbonyl (C=O) groups excluding carboxylic acids is 1. The van der Waals surface area contributed by atoms with Gasteiger partial charge in [-0.2, -0.15) is 0 Å². The zero-order valence-electron chi connectivity index (χ0n) is 16.5. The minimum absolute atomic E-state index is 0.0753. The first-order valence-corrected chi connectivity index (χ1v) is 9.89. The summed E-state index contributed by atoms with van der Waals surface area (Å²) in [7, 11) is 0. The molecule has 0 unspecified atom stereocenters. The Balaban J connectivity index is 1.65. The zero-order valence-corrected chi connectivity index (χ0v) is 16.5. The Labute approximate surface area is 158 Å². The molecule has 5 fully saturated rings. The topological polar surface area (TPSA) is 99.9 Å². The van der Waals surface area contributed by atoms with Gasteiger partial charge in [0.15, 0.2) is 5.79 Å². The second kappa shape index (κ2) is 4.83. The summed E-state index contributed by atoms with van der Waals surface area (Å²) in [6.07, 6.45) is 0.829. The SMILES string of the molecule is CC1(C)OC[C@H]([C@H]2[C@H]([N+](=O)[O-])[C@]34N[C@H]2C(=O)O[C@H]3[C@]2(C)CC[C@H]4C2(C)C)O1. The first-order valence-electron chi connectivity index (χ1n) is 9.89. The lowest BCUT2D eigenvalue weighted by atomic mass is 9.68. The smallest absolute Gasteiger partial charge is 0.324 e. The van der Waals surface area contributed by atoms with Gasteiger partial charge in [0.05, 0.1) is 18.6 Å². The lowest BCUT2D eigenvalue weighted by molar-refractivity contribution is -0.545. The van der Waals surface area contributed by atoms with E-state index >= 15 is 0 Å². The van der Waals surface area contributed by atoms with E-state index in [-0.39, 0.29) is 34.2 Å². The first kappa shape index (κ1) is 17.8. The quantitative estimate of drug-likeness (QED) is 0.440. The molecule has 3 saturated heterocycles. The number of nitro groups is 1. The number of hydrogen-bond donors (Lipinski definition) is 1. The number of nitrogens with zero attached hydrogens (tertiary/aromatic N) is 1. The number of fused-ring (bicyclic) bond motifs is 4. The van der Waals surface area contributed by atoms with Crippen molar-refractivity contribution in [2.24, 2.45) is 22.7 Å². The van der Waals surface area contributed by atoms with E-state index in [1.54, 1.807) is 13.8 Å². The normalized spacial score (nSPS) is 54.0. The Morgan fingerprint density at radius 3 is 2.52 bits per heavy atom. The van der Waals surface area contributed by atoms with Crippen LogP contribution >= 0.6 is 0 Å². The van der Waals surface area contributed by atoms with Crippen molar-refractivity contribution < 1.29 is 23.9 Å². The maximum absolute atomic E-state index is 12.9. The Hall–Kier alpha value is -1.25. The average molecular weight is 380 g/mol. The molecule has 0 radical (unpaired) electrons. The van der Waals surface area contributed by atoms with E-state index in [0.29, 0.717) is 0 Å². The van der Waals surface area contributed by atoms with Crippen LogP contribution in [0.1, 0.15) is 47.5 Å². The molecule has 2 aliphatic carbocycles. The van der Waals surface area contributed by atoms with Crippen molar-refractivity contribution in [3.05, 3.63) is 10.1 Å². The molecule has 27 heavy (non-hydrogen) atoms. The molecule has 8 atom stereocenters. The molecule has 150 valence electrons. The van der Waals surface area contributed by atoms with Gasteiger partial charge in [-0.15, -0.1) is 0 Å². The van der Waals surface area contributed by atoms with E-state index in [1.165, 1.54) is 0 Å². The molecule has 0 aromatic rings. The van der Waals surface area contributed by atoms with Crippen molar-refractivity contribution >= 4 is 5.97 Å². The standard InChI is InChI=1S/C19H28N2O6/c1-16(2)10-6-7-18(16,5)15-19(10)13(21(23)24)11(12(20-19)14(22)26-15)9-8-25-17(3,4)27-9/h9-13,15,20H,6-8H2,1-5H3/t9-,10+,11-,12-,13+,15+,18+,19+/m1/s1. The van der Waals surface area contributed by atoms with Crippen molar-refractivity contribution in [2.75, 3.05) is 6.61 Å². The third kappa shape index (κ3) is 1.83. The summed E-state index contributed by atoms with van der Waals surface area (Å²) in [5, 5.41) is 15.9. The summed E-state index contributed by atoms with van der Waals surface area (Å²) in [6.45, 7) is 10.3. The van der Waals surface area contributed by atoms with Crippen LogP contribution in [0.25, 0.3) is 0 Å². The summed E-state index contributed by atoms with van der Waals surface area (Å²) in [6, 6.07) is -1.66. The molecule has 5 aliphatic rings. The number of ether oxygens (including phenoxy) is 3. The highest BCUT2D eigenvalue weighted by Crippen LogP contribution is 2.73. The summed E-state index contributed by atoms with van der Waals surface area (Å²) < 4.78 is 17.7. The van der Waals surface area contributed by atoms with E-state index in [9.17, 15) is 14.9 Å². The van der Waals surface area contributed by atoms with Crippen molar-refractivity contribution in [3.8, 4) is 0 Å². The summed E-state index contributed by atoms with van der Waals surface area (Å²) in [5.41, 5.74) is -1.27.